The van der Waals surface area contributed by atoms with Crippen molar-refractivity contribution in [1.82, 2.24) is 10.2 Å². The molecule has 2 fully saturated rings. The minimum Gasteiger partial charge on any atom is -0.339 e. The molecule has 1 unspecified atom stereocenters. The number of amides is 1. The molecule has 3 nitrogen and oxygen atoms in total. The second kappa shape index (κ2) is 7.48. The third-order valence-electron chi connectivity index (χ3n) is 4.57. The molecule has 5 heteroatoms. The van der Waals surface area contributed by atoms with Crippen molar-refractivity contribution in [3.8, 4) is 0 Å². The van der Waals surface area contributed by atoms with Crippen LogP contribution in [-0.2, 0) is 0 Å². The quantitative estimate of drug-likeness (QED) is 0.902. The Morgan fingerprint density at radius 1 is 1.24 bits per heavy atom. The van der Waals surface area contributed by atoms with Crippen LogP contribution in [0.3, 0.4) is 0 Å². The van der Waals surface area contributed by atoms with Gasteiger partial charge in [0, 0.05) is 29.7 Å². The number of piperidine rings is 1. The molecule has 0 radical (unpaired) electrons. The first kappa shape index (κ1) is 16.6. The van der Waals surface area contributed by atoms with Crippen LogP contribution in [0.25, 0.3) is 0 Å². The van der Waals surface area contributed by atoms with E-state index in [1.165, 1.54) is 12.8 Å². The molecule has 2 aliphatic heterocycles. The molecule has 0 bridgehead atoms. The first-order valence-electron chi connectivity index (χ1n) is 7.52. The van der Waals surface area contributed by atoms with Gasteiger partial charge in [0.05, 0.1) is 0 Å². The fraction of sp³-hybridized carbons (Fsp3) is 0.562. The minimum absolute atomic E-state index is 0. The van der Waals surface area contributed by atoms with E-state index >= 15 is 0 Å². The van der Waals surface area contributed by atoms with Crippen molar-refractivity contribution >= 4 is 29.9 Å². The normalized spacial score (nSPS) is 22.9. The maximum Gasteiger partial charge on any atom is 0.253 e. The fourth-order valence-electron chi connectivity index (χ4n) is 3.42. The highest BCUT2D eigenvalue weighted by Crippen LogP contribution is 2.26. The van der Waals surface area contributed by atoms with Crippen LogP contribution in [0.4, 0.5) is 0 Å². The van der Waals surface area contributed by atoms with E-state index in [1.54, 1.807) is 12.1 Å². The van der Waals surface area contributed by atoms with Gasteiger partial charge in [0.25, 0.3) is 5.91 Å². The van der Waals surface area contributed by atoms with Crippen molar-refractivity contribution in [3.63, 3.8) is 0 Å². The predicted octanol–water partition coefficient (Wildman–Crippen LogP) is 3.37. The summed E-state index contributed by atoms with van der Waals surface area (Å²) in [5.41, 5.74) is 0.704. The summed E-state index contributed by atoms with van der Waals surface area (Å²) >= 11 is 5.96. The summed E-state index contributed by atoms with van der Waals surface area (Å²) in [6.45, 7) is 2.90. The molecule has 0 saturated carbocycles. The number of nitrogens with one attached hydrogen (secondary N) is 1. The Balaban J connectivity index is 0.00000161. The van der Waals surface area contributed by atoms with E-state index in [9.17, 15) is 4.79 Å². The van der Waals surface area contributed by atoms with Crippen molar-refractivity contribution in [3.05, 3.63) is 34.9 Å². The lowest BCUT2D eigenvalue weighted by atomic mass is 9.88. The molecule has 3 rings (SSSR count). The molecule has 2 aliphatic rings. The van der Waals surface area contributed by atoms with Crippen LogP contribution in [0.5, 0.6) is 0 Å². The van der Waals surface area contributed by atoms with Gasteiger partial charge in [0.15, 0.2) is 0 Å². The van der Waals surface area contributed by atoms with Crippen LogP contribution in [0, 0.1) is 5.92 Å². The van der Waals surface area contributed by atoms with E-state index < -0.39 is 0 Å². The third-order valence-corrected chi connectivity index (χ3v) is 4.80. The Morgan fingerprint density at radius 3 is 2.62 bits per heavy atom. The molecule has 2 heterocycles. The summed E-state index contributed by atoms with van der Waals surface area (Å²) < 4.78 is 0. The van der Waals surface area contributed by atoms with Crippen LogP contribution in [0.1, 0.15) is 36.0 Å². The van der Waals surface area contributed by atoms with Crippen molar-refractivity contribution < 1.29 is 4.79 Å². The number of likely N-dealkylation sites (tertiary alicyclic amines) is 1. The number of nitrogens with zero attached hydrogens (tertiary/aromatic N) is 1. The number of hydrogen-bond donors (Lipinski definition) is 1. The van der Waals surface area contributed by atoms with E-state index in [0.29, 0.717) is 16.6 Å². The highest BCUT2D eigenvalue weighted by atomic mass is 35.5. The van der Waals surface area contributed by atoms with E-state index in [-0.39, 0.29) is 18.3 Å². The topological polar surface area (TPSA) is 32.3 Å². The minimum atomic E-state index is 0. The summed E-state index contributed by atoms with van der Waals surface area (Å²) in [5.74, 6) is 0.853. The first-order chi connectivity index (χ1) is 9.74. The summed E-state index contributed by atoms with van der Waals surface area (Å²) in [6.07, 6.45) is 4.83. The summed E-state index contributed by atoms with van der Waals surface area (Å²) in [6, 6.07) is 7.92. The lowest BCUT2D eigenvalue weighted by Gasteiger charge is -2.35. The van der Waals surface area contributed by atoms with Gasteiger partial charge in [-0.25, -0.2) is 0 Å². The van der Waals surface area contributed by atoms with Gasteiger partial charge in [0.1, 0.15) is 0 Å². The van der Waals surface area contributed by atoms with E-state index in [4.69, 9.17) is 11.6 Å². The number of halogens is 2. The molecule has 0 spiro atoms. The molecule has 1 aromatic carbocycles. The van der Waals surface area contributed by atoms with Gasteiger partial charge in [-0.2, -0.15) is 0 Å². The van der Waals surface area contributed by atoms with Crippen molar-refractivity contribution in [2.24, 2.45) is 5.92 Å². The van der Waals surface area contributed by atoms with Crippen LogP contribution in [-0.4, -0.2) is 36.5 Å². The zero-order valence-electron chi connectivity index (χ0n) is 12.1. The van der Waals surface area contributed by atoms with Gasteiger partial charge in [-0.05, 0) is 56.3 Å². The monoisotopic (exact) mass is 328 g/mol. The van der Waals surface area contributed by atoms with Gasteiger partial charge in [0.2, 0.25) is 0 Å². The molecular weight excluding hydrogens is 307 g/mol. The second-order valence-electron chi connectivity index (χ2n) is 5.84. The van der Waals surface area contributed by atoms with E-state index in [0.717, 1.165) is 38.4 Å². The predicted molar refractivity (Wildman–Crippen MR) is 88.4 cm³/mol. The van der Waals surface area contributed by atoms with E-state index in [1.807, 2.05) is 17.0 Å². The number of hydrogen-bond acceptors (Lipinski definition) is 2. The Morgan fingerprint density at radius 2 is 2.00 bits per heavy atom. The summed E-state index contributed by atoms with van der Waals surface area (Å²) in [7, 11) is 0. The number of carbonyl (C=O) groups is 1. The third kappa shape index (κ3) is 3.91. The summed E-state index contributed by atoms with van der Waals surface area (Å²) in [4.78, 5) is 14.4. The highest BCUT2D eigenvalue weighted by molar-refractivity contribution is 6.30. The number of benzene rings is 1. The Kier molecular flexibility index (Phi) is 5.91. The second-order valence-corrected chi connectivity index (χ2v) is 6.28. The average Bonchev–Trinajstić information content (AvgIpc) is 3.01. The zero-order chi connectivity index (χ0) is 13.9. The van der Waals surface area contributed by atoms with Crippen molar-refractivity contribution in [1.29, 1.82) is 0 Å². The molecular formula is C16H22Cl2N2O. The molecule has 116 valence electrons. The van der Waals surface area contributed by atoms with Crippen molar-refractivity contribution in [2.75, 3.05) is 19.6 Å². The molecule has 1 amide bonds. The zero-order valence-corrected chi connectivity index (χ0v) is 13.6. The molecule has 21 heavy (non-hydrogen) atoms. The SMILES string of the molecule is Cl.O=C(c1cccc(Cl)c1)N1CCC(C2CCCN2)CC1. The summed E-state index contributed by atoms with van der Waals surface area (Å²) in [5, 5.41) is 4.21. The Labute approximate surface area is 137 Å². The highest BCUT2D eigenvalue weighted by Gasteiger charge is 2.30. The number of carbonyl (C=O) groups excluding carboxylic acids is 1. The smallest absolute Gasteiger partial charge is 0.253 e. The van der Waals surface area contributed by atoms with Gasteiger partial charge in [-0.15, -0.1) is 12.4 Å². The van der Waals surface area contributed by atoms with Gasteiger partial charge < -0.3 is 10.2 Å². The van der Waals surface area contributed by atoms with E-state index in [2.05, 4.69) is 5.32 Å². The van der Waals surface area contributed by atoms with Crippen LogP contribution < -0.4 is 5.32 Å². The number of rotatable bonds is 2. The van der Waals surface area contributed by atoms with Crippen LogP contribution in [0.15, 0.2) is 24.3 Å². The molecule has 2 saturated heterocycles. The van der Waals surface area contributed by atoms with Crippen LogP contribution >= 0.6 is 24.0 Å². The lowest BCUT2D eigenvalue weighted by molar-refractivity contribution is 0.0674. The standard InChI is InChI=1S/C16H21ClN2O.ClH/c17-14-4-1-3-13(11-14)16(20)19-9-6-12(7-10-19)15-5-2-8-18-15;/h1,3-4,11-12,15,18H,2,5-10H2;1H. The molecule has 1 atom stereocenters. The largest absolute Gasteiger partial charge is 0.339 e. The first-order valence-corrected chi connectivity index (χ1v) is 7.90. The Bertz CT molecular complexity index is 481. The van der Waals surface area contributed by atoms with Crippen LogP contribution in [0.2, 0.25) is 5.02 Å². The Hall–Kier alpha value is -0.770. The molecule has 1 N–H and O–H groups in total. The average molecular weight is 329 g/mol. The maximum absolute atomic E-state index is 12.4. The van der Waals surface area contributed by atoms with Crippen molar-refractivity contribution in [2.45, 2.75) is 31.7 Å². The molecule has 0 aromatic heterocycles. The van der Waals surface area contributed by atoms with Gasteiger partial charge in [-0.1, -0.05) is 17.7 Å². The fourth-order valence-corrected chi connectivity index (χ4v) is 3.61. The molecule has 0 aliphatic carbocycles. The molecule has 1 aromatic rings. The lowest BCUT2D eigenvalue weighted by Crippen LogP contribution is -2.43. The van der Waals surface area contributed by atoms with Gasteiger partial charge in [-0.3, -0.25) is 4.79 Å². The van der Waals surface area contributed by atoms with Gasteiger partial charge >= 0.3 is 0 Å². The maximum atomic E-state index is 12.4.